The molecule has 212 valence electrons. The fraction of sp³-hybridized carbons (Fsp3) is 0.412. The zero-order chi connectivity index (χ0) is 28.4. The first-order chi connectivity index (χ1) is 19.4. The fourth-order valence-electron chi connectivity index (χ4n) is 5.89. The standard InChI is InChI=1S/C34H41FN2O3/c1-3-34(25-32(38)40-4-2,27-11-6-5-7-12-27)21-10-22-37-23-19-29(20-24-37)36-33(39)31-14-9-8-13-30(31)26-15-17-28(35)18-16-26/h5-9,11-18,29H,3-4,10,19-25H2,1-2H3,(H,36,39). The Hall–Kier alpha value is -3.51. The molecule has 1 N–H and O–H groups in total. The number of hydrogen-bond acceptors (Lipinski definition) is 4. The van der Waals surface area contributed by atoms with E-state index in [4.69, 9.17) is 4.74 Å². The lowest BCUT2D eigenvalue weighted by Gasteiger charge is -2.35. The van der Waals surface area contributed by atoms with Crippen LogP contribution in [0.3, 0.4) is 0 Å². The van der Waals surface area contributed by atoms with Crippen LogP contribution in [0.1, 0.15) is 68.3 Å². The van der Waals surface area contributed by atoms with Gasteiger partial charge in [0.15, 0.2) is 0 Å². The highest BCUT2D eigenvalue weighted by Crippen LogP contribution is 2.37. The monoisotopic (exact) mass is 544 g/mol. The smallest absolute Gasteiger partial charge is 0.306 e. The van der Waals surface area contributed by atoms with E-state index in [1.165, 1.54) is 17.7 Å². The first-order valence-electron chi connectivity index (χ1n) is 14.5. The highest BCUT2D eigenvalue weighted by atomic mass is 19.1. The van der Waals surface area contributed by atoms with Crippen LogP contribution < -0.4 is 5.32 Å². The number of halogens is 1. The van der Waals surface area contributed by atoms with Gasteiger partial charge < -0.3 is 15.0 Å². The van der Waals surface area contributed by atoms with E-state index in [0.717, 1.165) is 62.9 Å². The van der Waals surface area contributed by atoms with Crippen molar-refractivity contribution in [3.63, 3.8) is 0 Å². The van der Waals surface area contributed by atoms with Gasteiger partial charge in [-0.3, -0.25) is 9.59 Å². The Morgan fingerprint density at radius 2 is 1.62 bits per heavy atom. The third kappa shape index (κ3) is 7.57. The van der Waals surface area contributed by atoms with Crippen LogP contribution in [0.5, 0.6) is 0 Å². The van der Waals surface area contributed by atoms with Crippen LogP contribution in [0.2, 0.25) is 0 Å². The maximum Gasteiger partial charge on any atom is 0.306 e. The molecule has 1 amide bonds. The van der Waals surface area contributed by atoms with Crippen molar-refractivity contribution in [2.75, 3.05) is 26.2 Å². The van der Waals surface area contributed by atoms with E-state index in [-0.39, 0.29) is 29.2 Å². The van der Waals surface area contributed by atoms with Crippen LogP contribution in [0, 0.1) is 5.82 Å². The largest absolute Gasteiger partial charge is 0.466 e. The molecule has 6 heteroatoms. The van der Waals surface area contributed by atoms with Crippen LogP contribution in [-0.4, -0.2) is 49.1 Å². The predicted molar refractivity (Wildman–Crippen MR) is 158 cm³/mol. The maximum absolute atomic E-state index is 13.4. The number of carbonyl (C=O) groups excluding carboxylic acids is 2. The number of nitrogens with zero attached hydrogens (tertiary/aromatic N) is 1. The summed E-state index contributed by atoms with van der Waals surface area (Å²) in [7, 11) is 0. The van der Waals surface area contributed by atoms with Crippen molar-refractivity contribution in [1.82, 2.24) is 10.2 Å². The van der Waals surface area contributed by atoms with Crippen LogP contribution in [-0.2, 0) is 14.9 Å². The lowest BCUT2D eigenvalue weighted by molar-refractivity contribution is -0.144. The Morgan fingerprint density at radius 1 is 0.950 bits per heavy atom. The number of hydrogen-bond donors (Lipinski definition) is 1. The van der Waals surface area contributed by atoms with Gasteiger partial charge in [-0.2, -0.15) is 0 Å². The van der Waals surface area contributed by atoms with E-state index in [2.05, 4.69) is 29.3 Å². The number of piperidine rings is 1. The summed E-state index contributed by atoms with van der Waals surface area (Å²) in [4.78, 5) is 28.2. The van der Waals surface area contributed by atoms with Gasteiger partial charge >= 0.3 is 5.97 Å². The predicted octanol–water partition coefficient (Wildman–Crippen LogP) is 6.77. The molecule has 0 radical (unpaired) electrons. The van der Waals surface area contributed by atoms with E-state index < -0.39 is 0 Å². The summed E-state index contributed by atoms with van der Waals surface area (Å²) in [5, 5.41) is 3.23. The molecule has 0 aliphatic carbocycles. The van der Waals surface area contributed by atoms with Gasteiger partial charge in [-0.05, 0) is 80.5 Å². The van der Waals surface area contributed by atoms with Gasteiger partial charge in [0.2, 0.25) is 0 Å². The van der Waals surface area contributed by atoms with Crippen molar-refractivity contribution in [2.45, 2.75) is 63.8 Å². The highest BCUT2D eigenvalue weighted by Gasteiger charge is 2.33. The molecule has 1 heterocycles. The summed E-state index contributed by atoms with van der Waals surface area (Å²) in [6.07, 6.45) is 4.97. The Morgan fingerprint density at radius 3 is 2.30 bits per heavy atom. The zero-order valence-electron chi connectivity index (χ0n) is 23.7. The quantitative estimate of drug-likeness (QED) is 0.256. The maximum atomic E-state index is 13.4. The second-order valence-corrected chi connectivity index (χ2v) is 10.7. The summed E-state index contributed by atoms with van der Waals surface area (Å²) in [6.45, 7) is 7.22. The molecule has 1 saturated heterocycles. The second-order valence-electron chi connectivity index (χ2n) is 10.7. The summed E-state index contributed by atoms with van der Waals surface area (Å²) < 4.78 is 18.7. The Kier molecular flexibility index (Phi) is 10.5. The summed E-state index contributed by atoms with van der Waals surface area (Å²) in [5.41, 5.74) is 3.21. The van der Waals surface area contributed by atoms with Crippen LogP contribution in [0.4, 0.5) is 4.39 Å². The second kappa shape index (κ2) is 14.2. The van der Waals surface area contributed by atoms with Crippen molar-refractivity contribution >= 4 is 11.9 Å². The molecule has 1 fully saturated rings. The van der Waals surface area contributed by atoms with E-state index in [1.54, 1.807) is 12.1 Å². The number of likely N-dealkylation sites (tertiary alicyclic amines) is 1. The minimum atomic E-state index is -0.295. The molecule has 1 aliphatic heterocycles. The van der Waals surface area contributed by atoms with E-state index >= 15 is 0 Å². The molecule has 1 aliphatic rings. The van der Waals surface area contributed by atoms with E-state index in [1.807, 2.05) is 49.4 Å². The molecular weight excluding hydrogens is 503 g/mol. The molecule has 5 nitrogen and oxygen atoms in total. The molecule has 0 aromatic heterocycles. The molecule has 0 spiro atoms. The SMILES string of the molecule is CCOC(=O)CC(CC)(CCCN1CCC(NC(=O)c2ccccc2-c2ccc(F)cc2)CC1)c1ccccc1. The molecule has 0 bridgehead atoms. The summed E-state index contributed by atoms with van der Waals surface area (Å²) >= 11 is 0. The van der Waals surface area contributed by atoms with Gasteiger partial charge in [-0.1, -0.05) is 67.6 Å². The molecule has 1 unspecified atom stereocenters. The van der Waals surface area contributed by atoms with Gasteiger partial charge in [0.1, 0.15) is 5.82 Å². The molecule has 1 atom stereocenters. The van der Waals surface area contributed by atoms with Gasteiger partial charge in [0.05, 0.1) is 13.0 Å². The number of ether oxygens (including phenoxy) is 1. The first kappa shape index (κ1) is 29.5. The van der Waals surface area contributed by atoms with Gasteiger partial charge in [-0.15, -0.1) is 0 Å². The highest BCUT2D eigenvalue weighted by molar-refractivity contribution is 6.01. The average molecular weight is 545 g/mol. The van der Waals surface area contributed by atoms with Crippen molar-refractivity contribution in [2.24, 2.45) is 0 Å². The summed E-state index contributed by atoms with van der Waals surface area (Å²) in [6, 6.07) is 24.2. The minimum Gasteiger partial charge on any atom is -0.466 e. The van der Waals surface area contributed by atoms with Crippen molar-refractivity contribution < 1.29 is 18.7 Å². The number of benzene rings is 3. The van der Waals surface area contributed by atoms with Crippen LogP contribution >= 0.6 is 0 Å². The topological polar surface area (TPSA) is 58.6 Å². The van der Waals surface area contributed by atoms with Gasteiger partial charge in [0, 0.05) is 30.1 Å². The van der Waals surface area contributed by atoms with Crippen molar-refractivity contribution in [3.8, 4) is 11.1 Å². The number of nitrogens with one attached hydrogen (secondary N) is 1. The lowest BCUT2D eigenvalue weighted by Crippen LogP contribution is -2.45. The third-order valence-corrected chi connectivity index (χ3v) is 8.23. The Balaban J connectivity index is 1.30. The lowest BCUT2D eigenvalue weighted by atomic mass is 9.72. The van der Waals surface area contributed by atoms with Crippen molar-refractivity contribution in [1.29, 1.82) is 0 Å². The summed E-state index contributed by atoms with van der Waals surface area (Å²) in [5.74, 6) is -0.518. The first-order valence-corrected chi connectivity index (χ1v) is 14.5. The van der Waals surface area contributed by atoms with Crippen LogP contribution in [0.15, 0.2) is 78.9 Å². The molecule has 3 aromatic rings. The Bertz CT molecular complexity index is 1240. The molecule has 0 saturated carbocycles. The molecule has 3 aromatic carbocycles. The number of rotatable bonds is 12. The minimum absolute atomic E-state index is 0.0899. The molecular formula is C34H41FN2O3. The average Bonchev–Trinajstić information content (AvgIpc) is 2.98. The van der Waals surface area contributed by atoms with E-state index in [0.29, 0.717) is 18.6 Å². The van der Waals surface area contributed by atoms with Gasteiger partial charge in [-0.25, -0.2) is 4.39 Å². The molecule has 40 heavy (non-hydrogen) atoms. The number of esters is 1. The van der Waals surface area contributed by atoms with Crippen molar-refractivity contribution in [3.05, 3.63) is 95.8 Å². The molecule has 4 rings (SSSR count). The number of carbonyl (C=O) groups is 2. The van der Waals surface area contributed by atoms with Gasteiger partial charge in [0.25, 0.3) is 5.91 Å². The van der Waals surface area contributed by atoms with Crippen LogP contribution in [0.25, 0.3) is 11.1 Å². The normalized spacial score (nSPS) is 15.8. The zero-order valence-corrected chi connectivity index (χ0v) is 23.7. The third-order valence-electron chi connectivity index (χ3n) is 8.23. The fourth-order valence-corrected chi connectivity index (χ4v) is 5.89. The number of amides is 1. The Labute approximate surface area is 237 Å². The van der Waals surface area contributed by atoms with E-state index in [9.17, 15) is 14.0 Å².